The van der Waals surface area contributed by atoms with Crippen molar-refractivity contribution in [1.29, 1.82) is 0 Å². The van der Waals surface area contributed by atoms with E-state index in [-0.39, 0.29) is 6.10 Å². The number of aliphatic hydroxyl groups is 1. The Balaban J connectivity index is 1.84. The number of hydrogen-bond donors (Lipinski definition) is 1. The molecule has 0 aliphatic carbocycles. The third-order valence-corrected chi connectivity index (χ3v) is 3.68. The molecular formula is C12H21NO. The fourth-order valence-corrected chi connectivity index (χ4v) is 3.03. The molecule has 2 aliphatic rings. The van der Waals surface area contributed by atoms with Gasteiger partial charge in [-0.1, -0.05) is 6.08 Å². The van der Waals surface area contributed by atoms with Gasteiger partial charge in [0.15, 0.2) is 0 Å². The summed E-state index contributed by atoms with van der Waals surface area (Å²) in [6.45, 7) is 4.95. The molecule has 2 atom stereocenters. The molecule has 0 saturated carbocycles. The topological polar surface area (TPSA) is 23.5 Å². The number of rotatable bonds is 4. The van der Waals surface area contributed by atoms with Crippen LogP contribution < -0.4 is 0 Å². The summed E-state index contributed by atoms with van der Waals surface area (Å²) in [5.41, 5.74) is 0. The van der Waals surface area contributed by atoms with Crippen molar-refractivity contribution < 1.29 is 5.11 Å². The summed E-state index contributed by atoms with van der Waals surface area (Å²) < 4.78 is 0. The van der Waals surface area contributed by atoms with E-state index in [1.165, 1.54) is 25.8 Å². The average Bonchev–Trinajstić information content (AvgIpc) is 2.42. The number of hydrogen-bond acceptors (Lipinski definition) is 2. The minimum absolute atomic E-state index is 0.0249. The highest BCUT2D eigenvalue weighted by Crippen LogP contribution is 2.35. The van der Waals surface area contributed by atoms with Crippen molar-refractivity contribution in [2.45, 2.75) is 56.7 Å². The van der Waals surface area contributed by atoms with Gasteiger partial charge in [0.05, 0.1) is 6.10 Å². The Kier molecular flexibility index (Phi) is 3.24. The van der Waals surface area contributed by atoms with Crippen molar-refractivity contribution in [3.05, 3.63) is 12.7 Å². The maximum absolute atomic E-state index is 9.64. The maximum atomic E-state index is 9.64. The van der Waals surface area contributed by atoms with Crippen LogP contribution in [0.15, 0.2) is 12.7 Å². The molecule has 0 amide bonds. The molecule has 0 spiro atoms. The molecular weight excluding hydrogens is 174 g/mol. The average molecular weight is 195 g/mol. The van der Waals surface area contributed by atoms with Gasteiger partial charge in [-0.3, -0.25) is 4.90 Å². The van der Waals surface area contributed by atoms with Crippen LogP contribution in [0.1, 0.15) is 38.5 Å². The molecule has 0 radical (unpaired) electrons. The number of allylic oxidation sites excluding steroid dienone is 1. The first-order valence-electron chi connectivity index (χ1n) is 5.86. The predicted molar refractivity (Wildman–Crippen MR) is 58.2 cm³/mol. The fourth-order valence-electron chi connectivity index (χ4n) is 3.03. The van der Waals surface area contributed by atoms with Crippen LogP contribution in [0.4, 0.5) is 0 Å². The van der Waals surface area contributed by atoms with Crippen LogP contribution in [0.2, 0.25) is 0 Å². The van der Waals surface area contributed by atoms with E-state index in [1.54, 1.807) is 0 Å². The van der Waals surface area contributed by atoms with Crippen LogP contribution in [0.3, 0.4) is 0 Å². The molecule has 2 bridgehead atoms. The van der Waals surface area contributed by atoms with E-state index < -0.39 is 0 Å². The lowest BCUT2D eigenvalue weighted by Crippen LogP contribution is -2.44. The number of nitrogens with zero attached hydrogens (tertiary/aromatic N) is 1. The summed E-state index contributed by atoms with van der Waals surface area (Å²) >= 11 is 0. The second-order valence-corrected chi connectivity index (χ2v) is 4.68. The van der Waals surface area contributed by atoms with E-state index in [0.717, 1.165) is 19.3 Å². The zero-order valence-electron chi connectivity index (χ0n) is 8.86. The first-order valence-corrected chi connectivity index (χ1v) is 5.86. The molecule has 1 N–H and O–H groups in total. The SMILES string of the molecule is C=CCCCN1C2CCC1CC(O)C2. The Bertz CT molecular complexity index is 190. The molecule has 2 heterocycles. The third-order valence-electron chi connectivity index (χ3n) is 3.68. The van der Waals surface area contributed by atoms with Crippen LogP contribution in [-0.2, 0) is 0 Å². The van der Waals surface area contributed by atoms with Gasteiger partial charge in [-0.15, -0.1) is 6.58 Å². The van der Waals surface area contributed by atoms with Gasteiger partial charge in [-0.2, -0.15) is 0 Å². The van der Waals surface area contributed by atoms with E-state index in [9.17, 15) is 5.11 Å². The fraction of sp³-hybridized carbons (Fsp3) is 0.833. The number of aliphatic hydroxyl groups excluding tert-OH is 1. The van der Waals surface area contributed by atoms with Crippen LogP contribution in [0, 0.1) is 0 Å². The summed E-state index contributed by atoms with van der Waals surface area (Å²) in [6, 6.07) is 1.35. The zero-order valence-corrected chi connectivity index (χ0v) is 8.86. The second kappa shape index (κ2) is 4.45. The standard InChI is InChI=1S/C12H21NO/c1-2-3-4-7-13-10-5-6-11(13)9-12(14)8-10/h2,10-12,14H,1,3-9H2. The Hall–Kier alpha value is -0.340. The minimum Gasteiger partial charge on any atom is -0.393 e. The molecule has 0 aromatic carbocycles. The first-order chi connectivity index (χ1) is 6.81. The van der Waals surface area contributed by atoms with Gasteiger partial charge < -0.3 is 5.11 Å². The van der Waals surface area contributed by atoms with Gasteiger partial charge in [0, 0.05) is 12.1 Å². The summed E-state index contributed by atoms with van der Waals surface area (Å²) in [6.07, 6.45) is 8.94. The molecule has 0 aromatic heterocycles. The predicted octanol–water partition coefficient (Wildman–Crippen LogP) is 1.94. The highest BCUT2D eigenvalue weighted by molar-refractivity contribution is 4.95. The molecule has 14 heavy (non-hydrogen) atoms. The molecule has 2 rings (SSSR count). The molecule has 2 unspecified atom stereocenters. The van der Waals surface area contributed by atoms with Crippen molar-refractivity contribution in [3.63, 3.8) is 0 Å². The molecule has 0 aromatic rings. The van der Waals surface area contributed by atoms with E-state index >= 15 is 0 Å². The summed E-state index contributed by atoms with van der Waals surface area (Å²) in [7, 11) is 0. The van der Waals surface area contributed by atoms with Crippen LogP contribution in [0.25, 0.3) is 0 Å². The summed E-state index contributed by atoms with van der Waals surface area (Å²) in [5, 5.41) is 9.64. The van der Waals surface area contributed by atoms with Gasteiger partial charge in [-0.05, 0) is 45.1 Å². The van der Waals surface area contributed by atoms with Crippen molar-refractivity contribution in [2.75, 3.05) is 6.54 Å². The maximum Gasteiger partial charge on any atom is 0.0570 e. The van der Waals surface area contributed by atoms with Crippen molar-refractivity contribution in [3.8, 4) is 0 Å². The lowest BCUT2D eigenvalue weighted by Gasteiger charge is -2.37. The van der Waals surface area contributed by atoms with Crippen LogP contribution >= 0.6 is 0 Å². The van der Waals surface area contributed by atoms with E-state index in [1.807, 2.05) is 6.08 Å². The van der Waals surface area contributed by atoms with Crippen LogP contribution in [0.5, 0.6) is 0 Å². The Labute approximate surface area is 86.6 Å². The van der Waals surface area contributed by atoms with E-state index in [4.69, 9.17) is 0 Å². The molecule has 2 nitrogen and oxygen atoms in total. The summed E-state index contributed by atoms with van der Waals surface area (Å²) in [5.74, 6) is 0. The van der Waals surface area contributed by atoms with Crippen molar-refractivity contribution >= 4 is 0 Å². The van der Waals surface area contributed by atoms with Gasteiger partial charge in [0.25, 0.3) is 0 Å². The highest BCUT2D eigenvalue weighted by atomic mass is 16.3. The van der Waals surface area contributed by atoms with Gasteiger partial charge in [0.2, 0.25) is 0 Å². The molecule has 2 fully saturated rings. The largest absolute Gasteiger partial charge is 0.393 e. The third kappa shape index (κ3) is 2.01. The zero-order chi connectivity index (χ0) is 9.97. The summed E-state index contributed by atoms with van der Waals surface area (Å²) in [4.78, 5) is 2.62. The smallest absolute Gasteiger partial charge is 0.0570 e. The van der Waals surface area contributed by atoms with Crippen LogP contribution in [-0.4, -0.2) is 34.7 Å². The Morgan fingerprint density at radius 1 is 1.29 bits per heavy atom. The first kappa shape index (κ1) is 10.2. The van der Waals surface area contributed by atoms with Crippen molar-refractivity contribution in [1.82, 2.24) is 4.90 Å². The number of fused-ring (bicyclic) bond motifs is 2. The quantitative estimate of drug-likeness (QED) is 0.547. The van der Waals surface area contributed by atoms with Gasteiger partial charge >= 0.3 is 0 Å². The lowest BCUT2D eigenvalue weighted by molar-refractivity contribution is 0.0351. The molecule has 2 aliphatic heterocycles. The van der Waals surface area contributed by atoms with Crippen molar-refractivity contribution in [2.24, 2.45) is 0 Å². The molecule has 2 saturated heterocycles. The second-order valence-electron chi connectivity index (χ2n) is 4.68. The number of piperidine rings is 1. The van der Waals surface area contributed by atoms with E-state index in [0.29, 0.717) is 12.1 Å². The highest BCUT2D eigenvalue weighted by Gasteiger charge is 2.39. The van der Waals surface area contributed by atoms with Gasteiger partial charge in [-0.25, -0.2) is 0 Å². The monoisotopic (exact) mass is 195 g/mol. The van der Waals surface area contributed by atoms with Gasteiger partial charge in [0.1, 0.15) is 0 Å². The Morgan fingerprint density at radius 2 is 1.93 bits per heavy atom. The lowest BCUT2D eigenvalue weighted by atomic mass is 9.99. The molecule has 80 valence electrons. The normalized spacial score (nSPS) is 37.4. The minimum atomic E-state index is -0.0249. The number of unbranched alkanes of at least 4 members (excludes halogenated alkanes) is 1. The molecule has 2 heteroatoms. The Morgan fingerprint density at radius 3 is 2.50 bits per heavy atom. The van der Waals surface area contributed by atoms with E-state index in [2.05, 4.69) is 11.5 Å².